The van der Waals surface area contributed by atoms with E-state index in [1.807, 2.05) is 48.0 Å². The number of anilines is 1. The summed E-state index contributed by atoms with van der Waals surface area (Å²) in [6.07, 6.45) is 1.92. The maximum Gasteiger partial charge on any atom is 0.181 e. The fraction of sp³-hybridized carbons (Fsp3) is 0.0870. The SMILES string of the molecule is Nc1cc(F)c(OC2=CN(Cc3ccccc3)S(Cc3ccccc3)=C2)c(Cl)c1. The number of allylic oxidation sites excluding steroid dienone is 1. The fourth-order valence-corrected chi connectivity index (χ4v) is 5.15. The van der Waals surface area contributed by atoms with E-state index in [2.05, 4.69) is 28.6 Å². The molecule has 0 radical (unpaired) electrons. The quantitative estimate of drug-likeness (QED) is 0.389. The molecule has 3 aromatic rings. The first kappa shape index (κ1) is 19.6. The zero-order chi connectivity index (χ0) is 20.2. The van der Waals surface area contributed by atoms with Gasteiger partial charge in [0.05, 0.1) is 17.8 Å². The standard InChI is InChI=1S/C23H20ClFN2OS/c24-21-11-19(26)12-22(25)23(21)28-20-14-27(13-17-7-3-1-4-8-17)29(16-20)15-18-9-5-2-6-10-18/h1-12,14,16H,13,15,26H2. The molecule has 1 atom stereocenters. The van der Waals surface area contributed by atoms with Crippen molar-refractivity contribution in [1.82, 2.24) is 4.31 Å². The Morgan fingerprint density at radius 1 is 0.966 bits per heavy atom. The van der Waals surface area contributed by atoms with Crippen LogP contribution in [-0.4, -0.2) is 9.67 Å². The monoisotopic (exact) mass is 426 g/mol. The van der Waals surface area contributed by atoms with E-state index in [1.165, 1.54) is 23.3 Å². The van der Waals surface area contributed by atoms with Crippen LogP contribution in [-0.2, 0) is 12.3 Å². The number of rotatable bonds is 6. The van der Waals surface area contributed by atoms with Crippen molar-refractivity contribution >= 4 is 33.3 Å². The molecule has 0 aromatic heterocycles. The molecule has 1 aliphatic heterocycles. The first-order valence-corrected chi connectivity index (χ1v) is 10.9. The van der Waals surface area contributed by atoms with Gasteiger partial charge in [0.15, 0.2) is 17.3 Å². The van der Waals surface area contributed by atoms with Crippen molar-refractivity contribution in [2.45, 2.75) is 12.3 Å². The minimum atomic E-state index is -0.575. The minimum absolute atomic E-state index is 0.00631. The first-order chi connectivity index (χ1) is 14.1. The van der Waals surface area contributed by atoms with Crippen molar-refractivity contribution in [2.24, 2.45) is 0 Å². The lowest BCUT2D eigenvalue weighted by Crippen LogP contribution is -2.09. The maximum atomic E-state index is 14.3. The molecule has 4 rings (SSSR count). The Morgan fingerprint density at radius 3 is 2.28 bits per heavy atom. The zero-order valence-electron chi connectivity index (χ0n) is 15.6. The van der Waals surface area contributed by atoms with Crippen molar-refractivity contribution in [3.63, 3.8) is 0 Å². The summed E-state index contributed by atoms with van der Waals surface area (Å²) in [7, 11) is -0.237. The summed E-state index contributed by atoms with van der Waals surface area (Å²) in [4.78, 5) is 0. The summed E-state index contributed by atoms with van der Waals surface area (Å²) in [5.41, 5.74) is 8.33. The van der Waals surface area contributed by atoms with Gasteiger partial charge in [-0.25, -0.2) is 4.39 Å². The molecule has 1 heterocycles. The average molecular weight is 427 g/mol. The van der Waals surface area contributed by atoms with Gasteiger partial charge in [-0.3, -0.25) is 0 Å². The summed E-state index contributed by atoms with van der Waals surface area (Å²) in [6, 6.07) is 23.2. The van der Waals surface area contributed by atoms with Crippen LogP contribution in [0.4, 0.5) is 10.1 Å². The first-order valence-electron chi connectivity index (χ1n) is 9.12. The van der Waals surface area contributed by atoms with E-state index < -0.39 is 5.82 Å². The van der Waals surface area contributed by atoms with Crippen LogP contribution in [0.15, 0.2) is 84.8 Å². The Bertz CT molecular complexity index is 1050. The van der Waals surface area contributed by atoms with E-state index in [9.17, 15) is 4.39 Å². The Morgan fingerprint density at radius 2 is 1.62 bits per heavy atom. The summed E-state index contributed by atoms with van der Waals surface area (Å²) in [5, 5.41) is 2.18. The normalized spacial score (nSPS) is 15.7. The number of nitrogen functional groups attached to an aromatic ring is 1. The molecule has 0 saturated heterocycles. The molecule has 2 N–H and O–H groups in total. The van der Waals surface area contributed by atoms with Crippen LogP contribution in [0.5, 0.6) is 5.75 Å². The van der Waals surface area contributed by atoms with Crippen LogP contribution in [0.25, 0.3) is 0 Å². The molecule has 0 spiro atoms. The van der Waals surface area contributed by atoms with Crippen molar-refractivity contribution < 1.29 is 9.13 Å². The molecule has 3 nitrogen and oxygen atoms in total. The molecule has 0 fully saturated rings. The van der Waals surface area contributed by atoms with E-state index in [4.69, 9.17) is 22.1 Å². The number of nitrogens with two attached hydrogens (primary N) is 1. The molecule has 0 amide bonds. The Balaban J connectivity index is 1.61. The van der Waals surface area contributed by atoms with Gasteiger partial charge < -0.3 is 14.8 Å². The predicted octanol–water partition coefficient (Wildman–Crippen LogP) is 5.98. The highest BCUT2D eigenvalue weighted by Gasteiger charge is 2.19. The van der Waals surface area contributed by atoms with Gasteiger partial charge in [0.2, 0.25) is 0 Å². The molecule has 1 aliphatic rings. The summed E-state index contributed by atoms with van der Waals surface area (Å²) in [5.74, 6) is 0.835. The van der Waals surface area contributed by atoms with Crippen LogP contribution >= 0.6 is 22.3 Å². The largest absolute Gasteiger partial charge is 0.451 e. The van der Waals surface area contributed by atoms with Crippen LogP contribution < -0.4 is 10.5 Å². The molecular formula is C23H20ClFN2OS. The number of ether oxygens (including phenoxy) is 1. The van der Waals surface area contributed by atoms with Crippen molar-refractivity contribution in [3.8, 4) is 5.75 Å². The summed E-state index contributed by atoms with van der Waals surface area (Å²) >= 11 is 6.15. The zero-order valence-corrected chi connectivity index (χ0v) is 17.2. The van der Waals surface area contributed by atoms with Gasteiger partial charge in [-0.2, -0.15) is 0 Å². The van der Waals surface area contributed by atoms with Gasteiger partial charge in [0, 0.05) is 22.9 Å². The Labute approximate surface area is 177 Å². The fourth-order valence-electron chi connectivity index (χ4n) is 3.05. The van der Waals surface area contributed by atoms with Crippen molar-refractivity contribution in [1.29, 1.82) is 0 Å². The van der Waals surface area contributed by atoms with E-state index in [-0.39, 0.29) is 27.1 Å². The Hall–Kier alpha value is -2.76. The Kier molecular flexibility index (Phi) is 5.88. The maximum absolute atomic E-state index is 14.3. The third-order valence-corrected chi connectivity index (χ3v) is 6.65. The lowest BCUT2D eigenvalue weighted by Gasteiger charge is -2.21. The second-order valence-electron chi connectivity index (χ2n) is 6.66. The predicted molar refractivity (Wildman–Crippen MR) is 120 cm³/mol. The van der Waals surface area contributed by atoms with Gasteiger partial charge in [-0.15, -0.1) is 0 Å². The number of benzene rings is 3. The number of nitrogens with zero attached hydrogens (tertiary/aromatic N) is 1. The lowest BCUT2D eigenvalue weighted by molar-refractivity contribution is 0.415. The molecule has 0 aliphatic carbocycles. The molecule has 148 valence electrons. The van der Waals surface area contributed by atoms with E-state index >= 15 is 0 Å². The van der Waals surface area contributed by atoms with Crippen molar-refractivity contribution in [3.05, 3.63) is 107 Å². The van der Waals surface area contributed by atoms with Gasteiger partial charge in [-0.1, -0.05) is 82.9 Å². The van der Waals surface area contributed by atoms with E-state index in [0.717, 1.165) is 12.3 Å². The van der Waals surface area contributed by atoms with Crippen molar-refractivity contribution in [2.75, 3.05) is 5.73 Å². The van der Waals surface area contributed by atoms with Crippen LogP contribution in [0.2, 0.25) is 5.02 Å². The second kappa shape index (κ2) is 8.72. The van der Waals surface area contributed by atoms with Crippen LogP contribution in [0, 0.1) is 5.82 Å². The average Bonchev–Trinajstić information content (AvgIpc) is 3.07. The molecule has 6 heteroatoms. The van der Waals surface area contributed by atoms with Gasteiger partial charge in [0.25, 0.3) is 0 Å². The van der Waals surface area contributed by atoms with Crippen LogP contribution in [0.1, 0.15) is 11.1 Å². The number of hydrogen-bond acceptors (Lipinski definition) is 3. The molecule has 1 unspecified atom stereocenters. The summed E-state index contributed by atoms with van der Waals surface area (Å²) < 4.78 is 22.4. The van der Waals surface area contributed by atoms with Gasteiger partial charge in [0.1, 0.15) is 0 Å². The molecule has 0 saturated carbocycles. The third-order valence-electron chi connectivity index (χ3n) is 4.40. The van der Waals surface area contributed by atoms with E-state index in [1.54, 1.807) is 0 Å². The summed E-state index contributed by atoms with van der Waals surface area (Å²) in [6.45, 7) is 0.734. The molecule has 3 aromatic carbocycles. The highest BCUT2D eigenvalue weighted by molar-refractivity contribution is 8.12. The minimum Gasteiger partial charge on any atom is -0.451 e. The lowest BCUT2D eigenvalue weighted by atomic mass is 10.2. The highest BCUT2D eigenvalue weighted by atomic mass is 35.5. The molecular weight excluding hydrogens is 407 g/mol. The van der Waals surface area contributed by atoms with E-state index in [0.29, 0.717) is 5.76 Å². The number of halogens is 2. The second-order valence-corrected chi connectivity index (χ2v) is 8.86. The molecule has 29 heavy (non-hydrogen) atoms. The number of hydrogen-bond donors (Lipinski definition) is 1. The van der Waals surface area contributed by atoms with Crippen LogP contribution in [0.3, 0.4) is 0 Å². The smallest absolute Gasteiger partial charge is 0.181 e. The van der Waals surface area contributed by atoms with Gasteiger partial charge >= 0.3 is 0 Å². The molecule has 0 bridgehead atoms. The van der Waals surface area contributed by atoms with Gasteiger partial charge in [-0.05, 0) is 17.2 Å². The third kappa shape index (κ3) is 4.81. The topological polar surface area (TPSA) is 38.5 Å². The highest BCUT2D eigenvalue weighted by Crippen LogP contribution is 2.36.